The number of thioether (sulfide) groups is 1. The van der Waals surface area contributed by atoms with Gasteiger partial charge in [-0.25, -0.2) is 0 Å². The van der Waals surface area contributed by atoms with Gasteiger partial charge in [-0.2, -0.15) is 0 Å². The van der Waals surface area contributed by atoms with Crippen molar-refractivity contribution in [2.24, 2.45) is 0 Å². The second-order valence-electron chi connectivity index (χ2n) is 2.72. The van der Waals surface area contributed by atoms with E-state index in [-0.39, 0.29) is 0 Å². The third kappa shape index (κ3) is 1.54. The van der Waals surface area contributed by atoms with Gasteiger partial charge in [-0.15, -0.1) is 11.8 Å². The minimum atomic E-state index is 0.811. The van der Waals surface area contributed by atoms with E-state index in [0.717, 1.165) is 20.7 Å². The quantitative estimate of drug-likeness (QED) is 0.637. The summed E-state index contributed by atoms with van der Waals surface area (Å²) in [5.41, 5.74) is 0. The molecule has 0 nitrogen and oxygen atoms in total. The molecule has 0 unspecified atom stereocenters. The van der Waals surface area contributed by atoms with Crippen molar-refractivity contribution in [3.63, 3.8) is 0 Å². The Morgan fingerprint density at radius 1 is 1.31 bits per heavy atom. The van der Waals surface area contributed by atoms with Crippen LogP contribution in [0.3, 0.4) is 0 Å². The Kier molecular flexibility index (Phi) is 2.47. The SMILES string of the molecule is CSc1[c]cc2ccccc2c1Cl. The van der Waals surface area contributed by atoms with E-state index in [1.807, 2.05) is 36.6 Å². The van der Waals surface area contributed by atoms with Crippen LogP contribution in [0.4, 0.5) is 0 Å². The van der Waals surface area contributed by atoms with E-state index in [1.54, 1.807) is 11.8 Å². The number of halogens is 1. The highest BCUT2D eigenvalue weighted by molar-refractivity contribution is 7.98. The van der Waals surface area contributed by atoms with E-state index in [4.69, 9.17) is 11.6 Å². The molecule has 2 aromatic rings. The number of hydrogen-bond donors (Lipinski definition) is 0. The zero-order chi connectivity index (χ0) is 9.26. The van der Waals surface area contributed by atoms with Gasteiger partial charge in [-0.05, 0) is 23.8 Å². The molecule has 0 fully saturated rings. The van der Waals surface area contributed by atoms with E-state index in [9.17, 15) is 0 Å². The predicted molar refractivity (Wildman–Crippen MR) is 59.6 cm³/mol. The summed E-state index contributed by atoms with van der Waals surface area (Å²) in [5, 5.41) is 3.06. The first kappa shape index (κ1) is 8.92. The highest BCUT2D eigenvalue weighted by Gasteiger charge is 2.03. The smallest absolute Gasteiger partial charge is 0.0626 e. The van der Waals surface area contributed by atoms with E-state index < -0.39 is 0 Å². The molecule has 0 aliphatic carbocycles. The van der Waals surface area contributed by atoms with Crippen molar-refractivity contribution in [3.8, 4) is 0 Å². The minimum absolute atomic E-state index is 0.811. The average Bonchev–Trinajstić information content (AvgIpc) is 2.19. The molecule has 0 N–H and O–H groups in total. The first-order chi connectivity index (χ1) is 6.33. The number of hydrogen-bond acceptors (Lipinski definition) is 1. The lowest BCUT2D eigenvalue weighted by atomic mass is 10.1. The van der Waals surface area contributed by atoms with Gasteiger partial charge in [-0.1, -0.05) is 35.9 Å². The van der Waals surface area contributed by atoms with Crippen LogP contribution in [-0.2, 0) is 0 Å². The van der Waals surface area contributed by atoms with E-state index in [2.05, 4.69) is 6.07 Å². The molecule has 0 aliphatic heterocycles. The second kappa shape index (κ2) is 3.60. The number of rotatable bonds is 1. The minimum Gasteiger partial charge on any atom is -0.127 e. The third-order valence-electron chi connectivity index (χ3n) is 1.96. The molecule has 0 amide bonds. The standard InChI is InChI=1S/C11H8ClS/c1-13-10-7-6-8-4-2-3-5-9(8)11(10)12/h2-6H,1H3. The molecule has 0 atom stereocenters. The predicted octanol–water partition coefficient (Wildman–Crippen LogP) is 4.02. The van der Waals surface area contributed by atoms with Crippen LogP contribution < -0.4 is 0 Å². The lowest BCUT2D eigenvalue weighted by Crippen LogP contribution is -1.77. The topological polar surface area (TPSA) is 0 Å². The normalized spacial score (nSPS) is 10.6. The van der Waals surface area contributed by atoms with Crippen LogP contribution in [0.5, 0.6) is 0 Å². The Morgan fingerprint density at radius 3 is 2.85 bits per heavy atom. The van der Waals surface area contributed by atoms with Crippen molar-refractivity contribution in [1.29, 1.82) is 0 Å². The lowest BCUT2D eigenvalue weighted by Gasteiger charge is -2.03. The highest BCUT2D eigenvalue weighted by atomic mass is 35.5. The summed E-state index contributed by atoms with van der Waals surface area (Å²) in [5.74, 6) is 0. The van der Waals surface area contributed by atoms with Gasteiger partial charge in [0.15, 0.2) is 0 Å². The van der Waals surface area contributed by atoms with Crippen molar-refractivity contribution in [1.82, 2.24) is 0 Å². The van der Waals surface area contributed by atoms with Crippen LogP contribution in [0.1, 0.15) is 0 Å². The van der Waals surface area contributed by atoms with Crippen molar-refractivity contribution >= 4 is 34.1 Å². The Bertz CT molecular complexity index is 437. The maximum Gasteiger partial charge on any atom is 0.0626 e. The third-order valence-corrected chi connectivity index (χ3v) is 3.19. The van der Waals surface area contributed by atoms with Gasteiger partial charge >= 0.3 is 0 Å². The summed E-state index contributed by atoms with van der Waals surface area (Å²) in [6.45, 7) is 0. The van der Waals surface area contributed by atoms with E-state index >= 15 is 0 Å². The molecule has 0 spiro atoms. The van der Waals surface area contributed by atoms with Crippen molar-refractivity contribution < 1.29 is 0 Å². The van der Waals surface area contributed by atoms with Crippen LogP contribution in [-0.4, -0.2) is 6.26 Å². The van der Waals surface area contributed by atoms with Crippen molar-refractivity contribution in [2.75, 3.05) is 6.26 Å². The summed E-state index contributed by atoms with van der Waals surface area (Å²) < 4.78 is 0. The van der Waals surface area contributed by atoms with E-state index in [1.165, 1.54) is 0 Å². The Labute approximate surface area is 86.9 Å². The average molecular weight is 208 g/mol. The largest absolute Gasteiger partial charge is 0.127 e. The van der Waals surface area contributed by atoms with Crippen molar-refractivity contribution in [3.05, 3.63) is 41.4 Å². The van der Waals surface area contributed by atoms with Gasteiger partial charge in [0.05, 0.1) is 5.02 Å². The monoisotopic (exact) mass is 207 g/mol. The molecule has 65 valence electrons. The highest BCUT2D eigenvalue weighted by Crippen LogP contribution is 2.31. The first-order valence-electron chi connectivity index (χ1n) is 3.96. The van der Waals surface area contributed by atoms with Gasteiger partial charge in [0.25, 0.3) is 0 Å². The van der Waals surface area contributed by atoms with E-state index in [0.29, 0.717) is 0 Å². The van der Waals surface area contributed by atoms with Crippen LogP contribution >= 0.6 is 23.4 Å². The molecule has 0 saturated heterocycles. The molecule has 2 aromatic carbocycles. The summed E-state index contributed by atoms with van der Waals surface area (Å²) in [4.78, 5) is 1.01. The lowest BCUT2D eigenvalue weighted by molar-refractivity contribution is 1.49. The molecule has 0 aromatic heterocycles. The fourth-order valence-electron chi connectivity index (χ4n) is 1.30. The molecule has 1 radical (unpaired) electrons. The molecular weight excluding hydrogens is 200 g/mol. The summed E-state index contributed by atoms with van der Waals surface area (Å²) in [6.07, 6.45) is 2.01. The molecule has 0 bridgehead atoms. The van der Waals surface area contributed by atoms with Gasteiger partial charge in [0.2, 0.25) is 0 Å². The molecule has 0 saturated carbocycles. The fraction of sp³-hybridized carbons (Fsp3) is 0.0909. The molecular formula is C11H8ClS. The summed E-state index contributed by atoms with van der Waals surface area (Å²) in [7, 11) is 0. The molecule has 2 heteroatoms. The van der Waals surface area contributed by atoms with Gasteiger partial charge in [-0.3, -0.25) is 0 Å². The van der Waals surface area contributed by atoms with Crippen LogP contribution in [0.2, 0.25) is 5.02 Å². The van der Waals surface area contributed by atoms with Crippen LogP contribution in [0, 0.1) is 6.07 Å². The number of benzene rings is 2. The molecule has 0 heterocycles. The summed E-state index contributed by atoms with van der Waals surface area (Å²) in [6, 6.07) is 13.2. The van der Waals surface area contributed by atoms with Gasteiger partial charge < -0.3 is 0 Å². The van der Waals surface area contributed by atoms with Crippen molar-refractivity contribution in [2.45, 2.75) is 4.90 Å². The van der Waals surface area contributed by atoms with Crippen LogP contribution in [0.25, 0.3) is 10.8 Å². The molecule has 0 aliphatic rings. The zero-order valence-corrected chi connectivity index (χ0v) is 8.75. The van der Waals surface area contributed by atoms with Gasteiger partial charge in [0.1, 0.15) is 0 Å². The number of fused-ring (bicyclic) bond motifs is 1. The first-order valence-corrected chi connectivity index (χ1v) is 5.56. The van der Waals surface area contributed by atoms with Crippen LogP contribution in [0.15, 0.2) is 35.2 Å². The molecule has 2 rings (SSSR count). The Morgan fingerprint density at radius 2 is 2.08 bits per heavy atom. The zero-order valence-electron chi connectivity index (χ0n) is 7.17. The van der Waals surface area contributed by atoms with Gasteiger partial charge in [0, 0.05) is 10.3 Å². The Hall–Kier alpha value is -0.660. The Balaban J connectivity index is 2.79. The maximum absolute atomic E-state index is 6.19. The summed E-state index contributed by atoms with van der Waals surface area (Å²) >= 11 is 7.81. The molecule has 13 heavy (non-hydrogen) atoms. The maximum atomic E-state index is 6.19. The second-order valence-corrected chi connectivity index (χ2v) is 3.92. The fourth-order valence-corrected chi connectivity index (χ4v) is 2.22.